The number of amides is 1. The first-order valence-corrected chi connectivity index (χ1v) is 5.80. The first-order valence-electron chi connectivity index (χ1n) is 5.80. The van der Waals surface area contributed by atoms with Crippen molar-refractivity contribution in [1.82, 2.24) is 5.32 Å². The summed E-state index contributed by atoms with van der Waals surface area (Å²) < 4.78 is 37.9. The van der Waals surface area contributed by atoms with E-state index in [1.54, 1.807) is 0 Å². The van der Waals surface area contributed by atoms with Crippen LogP contribution in [0.4, 0.5) is 23.7 Å². The lowest BCUT2D eigenvalue weighted by molar-refractivity contribution is -0.137. The normalized spacial score (nSPS) is 19.4. The first kappa shape index (κ1) is 13.7. The van der Waals surface area contributed by atoms with Crippen LogP contribution >= 0.6 is 0 Å². The molecular formula is C12H13F3N2O2. The molecule has 1 fully saturated rings. The fraction of sp³-hybridized carbons (Fsp3) is 0.417. The molecule has 7 heteroatoms. The molecule has 104 valence electrons. The van der Waals surface area contributed by atoms with E-state index >= 15 is 0 Å². The quantitative estimate of drug-likeness (QED) is 0.871. The molecule has 2 rings (SSSR count). The highest BCUT2D eigenvalue weighted by molar-refractivity contribution is 5.87. The van der Waals surface area contributed by atoms with Gasteiger partial charge in [0, 0.05) is 12.2 Å². The van der Waals surface area contributed by atoms with Gasteiger partial charge in [-0.25, -0.2) is 4.79 Å². The van der Waals surface area contributed by atoms with Gasteiger partial charge in [0.2, 0.25) is 0 Å². The SMILES string of the molecule is O=C(O)N(c1cccc(C(F)(F)F)c1)C1CCNC1. The molecule has 0 saturated carbocycles. The molecule has 1 aromatic carbocycles. The number of halogens is 3. The molecule has 19 heavy (non-hydrogen) atoms. The van der Waals surface area contributed by atoms with Crippen LogP contribution in [0.3, 0.4) is 0 Å². The Morgan fingerprint density at radius 1 is 1.42 bits per heavy atom. The van der Waals surface area contributed by atoms with E-state index < -0.39 is 17.8 Å². The first-order chi connectivity index (χ1) is 8.89. The smallest absolute Gasteiger partial charge is 0.416 e. The van der Waals surface area contributed by atoms with Crippen molar-refractivity contribution < 1.29 is 23.1 Å². The highest BCUT2D eigenvalue weighted by Crippen LogP contribution is 2.32. The minimum absolute atomic E-state index is 0.0519. The fourth-order valence-electron chi connectivity index (χ4n) is 2.17. The van der Waals surface area contributed by atoms with Gasteiger partial charge in [0.15, 0.2) is 0 Å². The van der Waals surface area contributed by atoms with Gasteiger partial charge in [-0.1, -0.05) is 6.07 Å². The molecule has 1 aliphatic heterocycles. The number of nitrogens with one attached hydrogen (secondary N) is 1. The number of nitrogens with zero attached hydrogens (tertiary/aromatic N) is 1. The summed E-state index contributed by atoms with van der Waals surface area (Å²) in [5, 5.41) is 12.2. The number of anilines is 1. The van der Waals surface area contributed by atoms with Crippen LogP contribution < -0.4 is 10.2 Å². The lowest BCUT2D eigenvalue weighted by atomic mass is 10.1. The third-order valence-electron chi connectivity index (χ3n) is 3.06. The van der Waals surface area contributed by atoms with E-state index in [2.05, 4.69) is 5.32 Å². The Morgan fingerprint density at radius 3 is 2.68 bits per heavy atom. The van der Waals surface area contributed by atoms with Crippen molar-refractivity contribution >= 4 is 11.8 Å². The number of hydrogen-bond acceptors (Lipinski definition) is 2. The zero-order chi connectivity index (χ0) is 14.0. The number of carbonyl (C=O) groups is 1. The van der Waals surface area contributed by atoms with Crippen molar-refractivity contribution in [2.24, 2.45) is 0 Å². The number of carboxylic acid groups (broad SMARTS) is 1. The summed E-state index contributed by atoms with van der Waals surface area (Å²) in [7, 11) is 0. The molecule has 0 bridgehead atoms. The van der Waals surface area contributed by atoms with Crippen molar-refractivity contribution in [2.45, 2.75) is 18.6 Å². The summed E-state index contributed by atoms with van der Waals surface area (Å²) in [6, 6.07) is 4.06. The Labute approximate surface area is 107 Å². The topological polar surface area (TPSA) is 52.6 Å². The van der Waals surface area contributed by atoms with Gasteiger partial charge in [-0.15, -0.1) is 0 Å². The third kappa shape index (κ3) is 2.98. The van der Waals surface area contributed by atoms with Crippen LogP contribution in [0.15, 0.2) is 24.3 Å². The van der Waals surface area contributed by atoms with E-state index in [-0.39, 0.29) is 11.7 Å². The minimum atomic E-state index is -4.48. The van der Waals surface area contributed by atoms with Gasteiger partial charge in [-0.05, 0) is 31.2 Å². The predicted octanol–water partition coefficient (Wildman–Crippen LogP) is 2.55. The zero-order valence-electron chi connectivity index (χ0n) is 9.94. The van der Waals surface area contributed by atoms with E-state index in [1.165, 1.54) is 12.1 Å². The molecule has 1 heterocycles. The van der Waals surface area contributed by atoms with Gasteiger partial charge in [0.1, 0.15) is 0 Å². The maximum absolute atomic E-state index is 12.6. The van der Waals surface area contributed by atoms with Crippen molar-refractivity contribution in [1.29, 1.82) is 0 Å². The van der Waals surface area contributed by atoms with E-state index in [1.807, 2.05) is 0 Å². The van der Waals surface area contributed by atoms with E-state index in [0.717, 1.165) is 17.0 Å². The molecular weight excluding hydrogens is 261 g/mol. The molecule has 0 spiro atoms. The molecule has 1 saturated heterocycles. The van der Waals surface area contributed by atoms with Crippen molar-refractivity contribution in [3.8, 4) is 0 Å². The van der Waals surface area contributed by atoms with Crippen LogP contribution in [0.5, 0.6) is 0 Å². The second kappa shape index (κ2) is 5.08. The molecule has 4 nitrogen and oxygen atoms in total. The molecule has 1 amide bonds. The van der Waals surface area contributed by atoms with Gasteiger partial charge in [-0.3, -0.25) is 4.90 Å². The molecule has 0 aliphatic carbocycles. The Kier molecular flexibility index (Phi) is 3.66. The predicted molar refractivity (Wildman–Crippen MR) is 63.2 cm³/mol. The highest BCUT2D eigenvalue weighted by Gasteiger charge is 2.33. The van der Waals surface area contributed by atoms with Crippen LogP contribution in [-0.2, 0) is 6.18 Å². The summed E-state index contributed by atoms with van der Waals surface area (Å²) >= 11 is 0. The second-order valence-corrected chi connectivity index (χ2v) is 4.35. The van der Waals surface area contributed by atoms with E-state index in [4.69, 9.17) is 0 Å². The van der Waals surface area contributed by atoms with E-state index in [0.29, 0.717) is 19.5 Å². The summed E-state index contributed by atoms with van der Waals surface area (Å²) in [5.41, 5.74) is -0.793. The van der Waals surface area contributed by atoms with Crippen LogP contribution in [-0.4, -0.2) is 30.3 Å². The van der Waals surface area contributed by atoms with Gasteiger partial charge < -0.3 is 10.4 Å². The molecule has 1 aromatic rings. The lowest BCUT2D eigenvalue weighted by Crippen LogP contribution is -2.41. The van der Waals surface area contributed by atoms with Crippen molar-refractivity contribution in [3.63, 3.8) is 0 Å². The van der Waals surface area contributed by atoms with E-state index in [9.17, 15) is 23.1 Å². The zero-order valence-corrected chi connectivity index (χ0v) is 9.94. The third-order valence-corrected chi connectivity index (χ3v) is 3.06. The van der Waals surface area contributed by atoms with Crippen LogP contribution in [0.2, 0.25) is 0 Å². The second-order valence-electron chi connectivity index (χ2n) is 4.35. The maximum atomic E-state index is 12.6. The number of rotatable bonds is 2. The maximum Gasteiger partial charge on any atom is 0.416 e. The summed E-state index contributed by atoms with van der Waals surface area (Å²) in [6.07, 6.45) is -5.13. The van der Waals surface area contributed by atoms with Gasteiger partial charge >= 0.3 is 12.3 Å². The molecule has 0 radical (unpaired) electrons. The Morgan fingerprint density at radius 2 is 2.16 bits per heavy atom. The molecule has 1 unspecified atom stereocenters. The van der Waals surface area contributed by atoms with Crippen LogP contribution in [0.25, 0.3) is 0 Å². The van der Waals surface area contributed by atoms with Gasteiger partial charge in [0.25, 0.3) is 0 Å². The lowest BCUT2D eigenvalue weighted by Gasteiger charge is -2.26. The summed E-state index contributed by atoms with van der Waals surface area (Å²) in [5.74, 6) is 0. The molecule has 1 atom stereocenters. The fourth-order valence-corrected chi connectivity index (χ4v) is 2.17. The van der Waals surface area contributed by atoms with Crippen LogP contribution in [0.1, 0.15) is 12.0 Å². The Bertz CT molecular complexity index is 470. The van der Waals surface area contributed by atoms with Gasteiger partial charge in [0.05, 0.1) is 11.6 Å². The number of hydrogen-bond donors (Lipinski definition) is 2. The molecule has 1 aliphatic rings. The minimum Gasteiger partial charge on any atom is -0.465 e. The highest BCUT2D eigenvalue weighted by atomic mass is 19.4. The monoisotopic (exact) mass is 274 g/mol. The summed E-state index contributed by atoms with van der Waals surface area (Å²) in [6.45, 7) is 1.11. The van der Waals surface area contributed by atoms with Gasteiger partial charge in [-0.2, -0.15) is 13.2 Å². The standard InChI is InChI=1S/C12H13F3N2O2/c13-12(14,15)8-2-1-3-9(6-8)17(11(18)19)10-4-5-16-7-10/h1-3,6,10,16H,4-5,7H2,(H,18,19). The van der Waals surface area contributed by atoms with Crippen molar-refractivity contribution in [2.75, 3.05) is 18.0 Å². The van der Waals surface area contributed by atoms with Crippen molar-refractivity contribution in [3.05, 3.63) is 29.8 Å². The average Bonchev–Trinajstić information content (AvgIpc) is 2.81. The average molecular weight is 274 g/mol. The summed E-state index contributed by atoms with van der Waals surface area (Å²) in [4.78, 5) is 12.3. The largest absolute Gasteiger partial charge is 0.465 e. The number of benzene rings is 1. The molecule has 0 aromatic heterocycles. The Balaban J connectivity index is 2.34. The van der Waals surface area contributed by atoms with Crippen LogP contribution in [0, 0.1) is 0 Å². The number of alkyl halides is 3. The molecule has 2 N–H and O–H groups in total. The Hall–Kier alpha value is -1.76.